The first-order valence-corrected chi connectivity index (χ1v) is 7.59. The molecule has 0 radical (unpaired) electrons. The molecule has 3 N–H and O–H groups in total. The Hall–Kier alpha value is -0.290. The first-order chi connectivity index (χ1) is 9.26. The number of piperidine rings is 1. The van der Waals surface area contributed by atoms with Crippen LogP contribution in [0, 0.1) is 0 Å². The molecule has 4 nitrogen and oxygen atoms in total. The first-order valence-electron chi connectivity index (χ1n) is 7.59. The van der Waals surface area contributed by atoms with Crippen LogP contribution in [0.25, 0.3) is 0 Å². The third-order valence-corrected chi connectivity index (χ3v) is 3.70. The molecule has 0 aromatic heterocycles. The van der Waals surface area contributed by atoms with E-state index < -0.39 is 0 Å². The van der Waals surface area contributed by atoms with Crippen LogP contribution >= 0.6 is 24.8 Å². The van der Waals surface area contributed by atoms with Crippen LogP contribution in [0.3, 0.4) is 0 Å². The molecule has 1 rings (SSSR count). The number of carbonyl (C=O) groups is 1. The third kappa shape index (κ3) is 11.0. The number of likely N-dealkylation sites (tertiary alicyclic amines) is 1. The maximum atomic E-state index is 11.8. The van der Waals surface area contributed by atoms with E-state index in [9.17, 15) is 4.79 Å². The molecular weight excluding hydrogens is 309 g/mol. The number of hydrogen-bond acceptors (Lipinski definition) is 3. The van der Waals surface area contributed by atoms with Crippen molar-refractivity contribution in [1.29, 1.82) is 0 Å². The molecule has 1 amide bonds. The van der Waals surface area contributed by atoms with E-state index in [1.165, 1.54) is 0 Å². The predicted octanol–water partition coefficient (Wildman–Crippen LogP) is 2.51. The third-order valence-electron chi connectivity index (χ3n) is 3.70. The van der Waals surface area contributed by atoms with Crippen molar-refractivity contribution >= 4 is 30.7 Å². The van der Waals surface area contributed by atoms with Gasteiger partial charge in [-0.3, -0.25) is 9.69 Å². The Bertz CT molecular complexity index is 270. The number of amides is 1. The van der Waals surface area contributed by atoms with E-state index >= 15 is 0 Å². The summed E-state index contributed by atoms with van der Waals surface area (Å²) in [7, 11) is 0. The smallest absolute Gasteiger partial charge is 0.220 e. The summed E-state index contributed by atoms with van der Waals surface area (Å²) in [4.78, 5) is 14.2. The van der Waals surface area contributed by atoms with Gasteiger partial charge in [0.25, 0.3) is 0 Å². The molecule has 126 valence electrons. The van der Waals surface area contributed by atoms with Crippen molar-refractivity contribution in [3.05, 3.63) is 12.7 Å². The van der Waals surface area contributed by atoms with Crippen LogP contribution in [0.5, 0.6) is 0 Å². The molecule has 0 aromatic rings. The fourth-order valence-electron chi connectivity index (χ4n) is 2.53. The molecule has 1 aliphatic rings. The Kier molecular flexibility index (Phi) is 16.0. The Labute approximate surface area is 141 Å². The molecule has 0 saturated carbocycles. The van der Waals surface area contributed by atoms with Gasteiger partial charge in [-0.15, -0.1) is 31.4 Å². The Balaban J connectivity index is 0. The second kappa shape index (κ2) is 14.6. The normalized spacial score (nSPS) is 15.7. The monoisotopic (exact) mass is 339 g/mol. The number of rotatable bonds is 9. The summed E-state index contributed by atoms with van der Waals surface area (Å²) in [5.74, 6) is 0.218. The summed E-state index contributed by atoms with van der Waals surface area (Å²) in [5, 5.41) is 3.16. The molecule has 0 atom stereocenters. The van der Waals surface area contributed by atoms with Crippen LogP contribution < -0.4 is 11.1 Å². The van der Waals surface area contributed by atoms with Crippen molar-refractivity contribution in [2.24, 2.45) is 5.73 Å². The number of unbranched alkanes of at least 4 members (excludes halogenated alkanes) is 3. The Morgan fingerprint density at radius 2 is 1.81 bits per heavy atom. The molecule has 0 aliphatic carbocycles. The Morgan fingerprint density at radius 3 is 2.38 bits per heavy atom. The quantitative estimate of drug-likeness (QED) is 0.501. The Morgan fingerprint density at radius 1 is 1.19 bits per heavy atom. The van der Waals surface area contributed by atoms with Gasteiger partial charge in [-0.05, 0) is 32.2 Å². The molecule has 1 heterocycles. The average molecular weight is 340 g/mol. The summed E-state index contributed by atoms with van der Waals surface area (Å²) in [6.45, 7) is 7.60. The lowest BCUT2D eigenvalue weighted by Crippen LogP contribution is -2.44. The van der Waals surface area contributed by atoms with Crippen LogP contribution in [0.15, 0.2) is 12.7 Å². The van der Waals surface area contributed by atoms with Gasteiger partial charge in [0, 0.05) is 32.1 Å². The van der Waals surface area contributed by atoms with Gasteiger partial charge in [0.05, 0.1) is 0 Å². The van der Waals surface area contributed by atoms with E-state index in [2.05, 4.69) is 16.8 Å². The second-order valence-electron chi connectivity index (χ2n) is 5.38. The molecule has 1 aliphatic heterocycles. The van der Waals surface area contributed by atoms with Crippen molar-refractivity contribution in [2.75, 3.05) is 26.2 Å². The van der Waals surface area contributed by atoms with E-state index in [1.54, 1.807) is 0 Å². The highest BCUT2D eigenvalue weighted by Gasteiger charge is 2.19. The SMILES string of the molecule is C=CCN1CCC(NC(=O)CCCCCCN)CC1.Cl.Cl. The first kappa shape index (κ1) is 23.0. The van der Waals surface area contributed by atoms with Crippen LogP contribution in [0.2, 0.25) is 0 Å². The molecule has 0 unspecified atom stereocenters. The molecule has 1 saturated heterocycles. The summed E-state index contributed by atoms with van der Waals surface area (Å²) in [5.41, 5.74) is 5.44. The zero-order chi connectivity index (χ0) is 13.9. The highest BCUT2D eigenvalue weighted by Crippen LogP contribution is 2.10. The van der Waals surface area contributed by atoms with Crippen LogP contribution in [-0.2, 0) is 4.79 Å². The highest BCUT2D eigenvalue weighted by molar-refractivity contribution is 5.85. The summed E-state index contributed by atoms with van der Waals surface area (Å²) >= 11 is 0. The largest absolute Gasteiger partial charge is 0.353 e. The van der Waals surface area contributed by atoms with Gasteiger partial charge in [0.1, 0.15) is 0 Å². The summed E-state index contributed by atoms with van der Waals surface area (Å²) in [6.07, 6.45) is 9.05. The molecule has 0 spiro atoms. The fourth-order valence-corrected chi connectivity index (χ4v) is 2.53. The maximum Gasteiger partial charge on any atom is 0.220 e. The zero-order valence-electron chi connectivity index (χ0n) is 12.9. The summed E-state index contributed by atoms with van der Waals surface area (Å²) in [6, 6.07) is 0.373. The van der Waals surface area contributed by atoms with Crippen LogP contribution in [-0.4, -0.2) is 43.0 Å². The van der Waals surface area contributed by atoms with Crippen LogP contribution in [0.4, 0.5) is 0 Å². The molecule has 1 fully saturated rings. The van der Waals surface area contributed by atoms with Gasteiger partial charge >= 0.3 is 0 Å². The number of nitrogens with two attached hydrogens (primary N) is 1. The van der Waals surface area contributed by atoms with Gasteiger partial charge in [0.2, 0.25) is 5.91 Å². The van der Waals surface area contributed by atoms with Gasteiger partial charge in [-0.2, -0.15) is 0 Å². The number of halogens is 2. The average Bonchev–Trinajstić information content (AvgIpc) is 2.41. The molecular formula is C15H31Cl2N3O. The minimum absolute atomic E-state index is 0. The van der Waals surface area contributed by atoms with Crippen molar-refractivity contribution in [1.82, 2.24) is 10.2 Å². The maximum absolute atomic E-state index is 11.8. The molecule has 0 bridgehead atoms. The number of nitrogens with zero attached hydrogens (tertiary/aromatic N) is 1. The molecule has 0 aromatic carbocycles. The number of carbonyl (C=O) groups excluding carboxylic acids is 1. The van der Waals surface area contributed by atoms with Crippen molar-refractivity contribution in [3.8, 4) is 0 Å². The van der Waals surface area contributed by atoms with Gasteiger partial charge in [0.15, 0.2) is 0 Å². The van der Waals surface area contributed by atoms with Gasteiger partial charge in [-0.1, -0.05) is 18.9 Å². The zero-order valence-corrected chi connectivity index (χ0v) is 14.5. The lowest BCUT2D eigenvalue weighted by Gasteiger charge is -2.31. The molecule has 21 heavy (non-hydrogen) atoms. The van der Waals surface area contributed by atoms with E-state index in [1.807, 2.05) is 6.08 Å². The van der Waals surface area contributed by atoms with Crippen molar-refractivity contribution in [3.63, 3.8) is 0 Å². The topological polar surface area (TPSA) is 58.4 Å². The van der Waals surface area contributed by atoms with E-state index in [0.29, 0.717) is 12.5 Å². The van der Waals surface area contributed by atoms with Gasteiger partial charge in [-0.25, -0.2) is 0 Å². The van der Waals surface area contributed by atoms with Gasteiger partial charge < -0.3 is 11.1 Å². The lowest BCUT2D eigenvalue weighted by molar-refractivity contribution is -0.122. The predicted molar refractivity (Wildman–Crippen MR) is 94.4 cm³/mol. The fraction of sp³-hybridized carbons (Fsp3) is 0.800. The minimum Gasteiger partial charge on any atom is -0.353 e. The van der Waals surface area contributed by atoms with E-state index in [4.69, 9.17) is 5.73 Å². The molecule has 6 heteroatoms. The lowest BCUT2D eigenvalue weighted by atomic mass is 10.0. The minimum atomic E-state index is 0. The van der Waals surface area contributed by atoms with Crippen LogP contribution in [0.1, 0.15) is 44.9 Å². The number of nitrogens with one attached hydrogen (secondary N) is 1. The van der Waals surface area contributed by atoms with Crippen molar-refractivity contribution < 1.29 is 4.79 Å². The summed E-state index contributed by atoms with van der Waals surface area (Å²) < 4.78 is 0. The second-order valence-corrected chi connectivity index (χ2v) is 5.38. The standard InChI is InChI=1S/C15H29N3O.2ClH/c1-2-11-18-12-8-14(9-13-18)17-15(19)7-5-3-4-6-10-16;;/h2,14H,1,3-13,16H2,(H,17,19);2*1H. The van der Waals surface area contributed by atoms with E-state index in [0.717, 1.165) is 64.7 Å². The van der Waals surface area contributed by atoms with E-state index in [-0.39, 0.29) is 30.7 Å². The number of hydrogen-bond donors (Lipinski definition) is 2. The highest BCUT2D eigenvalue weighted by atomic mass is 35.5. The van der Waals surface area contributed by atoms with Crippen molar-refractivity contribution in [2.45, 2.75) is 51.0 Å².